The van der Waals surface area contributed by atoms with Crippen LogP contribution in [0.2, 0.25) is 0 Å². The van der Waals surface area contributed by atoms with E-state index in [0.29, 0.717) is 17.5 Å². The molecule has 1 unspecified atom stereocenters. The van der Waals surface area contributed by atoms with E-state index in [9.17, 15) is 0 Å². The van der Waals surface area contributed by atoms with Crippen molar-refractivity contribution in [3.05, 3.63) is 23.8 Å². The summed E-state index contributed by atoms with van der Waals surface area (Å²) in [5.41, 5.74) is 13.4. The van der Waals surface area contributed by atoms with Crippen molar-refractivity contribution in [1.29, 1.82) is 0 Å². The molecule has 0 saturated carbocycles. The number of epoxide rings is 1. The van der Waals surface area contributed by atoms with Crippen LogP contribution in [0.5, 0.6) is 0 Å². The van der Waals surface area contributed by atoms with Gasteiger partial charge in [-0.2, -0.15) is 0 Å². The first-order valence-electron chi connectivity index (χ1n) is 6.25. The molecule has 1 aromatic carbocycles. The van der Waals surface area contributed by atoms with Crippen LogP contribution in [0, 0.1) is 6.92 Å². The molecule has 2 rings (SSSR count). The SMILES string of the molecule is CC1CO1.CCCC.Cc1cccc(N)c1N. The predicted molar refractivity (Wildman–Crippen MR) is 76.0 cm³/mol. The highest BCUT2D eigenvalue weighted by atomic mass is 16.6. The van der Waals surface area contributed by atoms with Gasteiger partial charge in [-0.1, -0.05) is 38.8 Å². The van der Waals surface area contributed by atoms with E-state index in [0.717, 1.165) is 12.2 Å². The molecule has 1 heterocycles. The van der Waals surface area contributed by atoms with Crippen LogP contribution in [0.15, 0.2) is 18.2 Å². The Balaban J connectivity index is 0.000000266. The molecule has 0 aromatic heterocycles. The fourth-order valence-corrected chi connectivity index (χ4v) is 0.800. The van der Waals surface area contributed by atoms with Gasteiger partial charge < -0.3 is 16.2 Å². The highest BCUT2D eigenvalue weighted by Gasteiger charge is 2.13. The Morgan fingerprint density at radius 2 is 1.71 bits per heavy atom. The van der Waals surface area contributed by atoms with Crippen LogP contribution in [0.3, 0.4) is 0 Å². The Kier molecular flexibility index (Phi) is 8.24. The summed E-state index contributed by atoms with van der Waals surface area (Å²) in [5, 5.41) is 0. The molecule has 1 saturated heterocycles. The van der Waals surface area contributed by atoms with Crippen LogP contribution >= 0.6 is 0 Å². The van der Waals surface area contributed by atoms with Gasteiger partial charge in [-0.15, -0.1) is 0 Å². The van der Waals surface area contributed by atoms with E-state index in [1.54, 1.807) is 6.07 Å². The second-order valence-corrected chi connectivity index (χ2v) is 4.22. The minimum Gasteiger partial charge on any atom is -0.397 e. The molecule has 1 atom stereocenters. The van der Waals surface area contributed by atoms with E-state index >= 15 is 0 Å². The van der Waals surface area contributed by atoms with Gasteiger partial charge in [0, 0.05) is 0 Å². The molecule has 4 N–H and O–H groups in total. The molecule has 0 bridgehead atoms. The molecule has 1 fully saturated rings. The first kappa shape index (κ1) is 15.8. The van der Waals surface area contributed by atoms with E-state index in [1.165, 1.54) is 12.8 Å². The van der Waals surface area contributed by atoms with Gasteiger partial charge in [0.1, 0.15) is 0 Å². The summed E-state index contributed by atoms with van der Waals surface area (Å²) in [6.45, 7) is 9.34. The fraction of sp³-hybridized carbons (Fsp3) is 0.571. The second-order valence-electron chi connectivity index (χ2n) is 4.22. The third kappa shape index (κ3) is 8.57. The van der Waals surface area contributed by atoms with Gasteiger partial charge in [0.2, 0.25) is 0 Å². The van der Waals surface area contributed by atoms with Gasteiger partial charge in [-0.3, -0.25) is 0 Å². The summed E-state index contributed by atoms with van der Waals surface area (Å²) >= 11 is 0. The van der Waals surface area contributed by atoms with Gasteiger partial charge in [0.25, 0.3) is 0 Å². The van der Waals surface area contributed by atoms with E-state index in [1.807, 2.05) is 19.1 Å². The molecule has 0 radical (unpaired) electrons. The van der Waals surface area contributed by atoms with Crippen molar-refractivity contribution in [2.24, 2.45) is 0 Å². The van der Waals surface area contributed by atoms with Crippen molar-refractivity contribution in [3.63, 3.8) is 0 Å². The molecular formula is C14H26N2O. The monoisotopic (exact) mass is 238 g/mol. The van der Waals surface area contributed by atoms with Gasteiger partial charge in [0.05, 0.1) is 24.1 Å². The number of para-hydroxylation sites is 1. The maximum atomic E-state index is 5.56. The minimum atomic E-state index is 0.583. The number of hydrogen-bond donors (Lipinski definition) is 2. The highest BCUT2D eigenvalue weighted by Crippen LogP contribution is 2.17. The van der Waals surface area contributed by atoms with Crippen LogP contribution in [-0.4, -0.2) is 12.7 Å². The van der Waals surface area contributed by atoms with E-state index in [-0.39, 0.29) is 0 Å². The standard InChI is InChI=1S/C7H10N2.C4H10.C3H6O/c1-5-3-2-4-6(8)7(5)9;1-3-4-2;1-3-2-4-3/h2-4H,8-9H2,1H3;3-4H2,1-2H3;3H,2H2,1H3. The molecule has 0 amide bonds. The van der Waals surface area contributed by atoms with Crippen LogP contribution in [-0.2, 0) is 4.74 Å². The third-order valence-electron chi connectivity index (χ3n) is 2.36. The Morgan fingerprint density at radius 3 is 1.94 bits per heavy atom. The lowest BCUT2D eigenvalue weighted by Gasteiger charge is -2.00. The predicted octanol–water partition coefficient (Wildman–Crippen LogP) is 3.37. The van der Waals surface area contributed by atoms with Crippen molar-refractivity contribution in [2.75, 3.05) is 18.1 Å². The maximum absolute atomic E-state index is 5.56. The molecular weight excluding hydrogens is 212 g/mol. The summed E-state index contributed by atoms with van der Waals surface area (Å²) in [4.78, 5) is 0. The molecule has 0 aliphatic carbocycles. The highest BCUT2D eigenvalue weighted by molar-refractivity contribution is 5.66. The van der Waals surface area contributed by atoms with Gasteiger partial charge in [0.15, 0.2) is 0 Å². The maximum Gasteiger partial charge on any atom is 0.0781 e. The van der Waals surface area contributed by atoms with Gasteiger partial charge >= 0.3 is 0 Å². The molecule has 0 spiro atoms. The minimum absolute atomic E-state index is 0.583. The smallest absolute Gasteiger partial charge is 0.0781 e. The summed E-state index contributed by atoms with van der Waals surface area (Å²) in [5.74, 6) is 0. The number of nitrogen functional groups attached to an aromatic ring is 2. The first-order chi connectivity index (χ1) is 8.02. The number of rotatable bonds is 1. The van der Waals surface area contributed by atoms with E-state index in [2.05, 4.69) is 20.8 Å². The third-order valence-corrected chi connectivity index (χ3v) is 2.36. The number of nitrogens with two attached hydrogens (primary N) is 2. The van der Waals surface area contributed by atoms with Gasteiger partial charge in [-0.05, 0) is 25.5 Å². The first-order valence-corrected chi connectivity index (χ1v) is 6.25. The fourth-order valence-electron chi connectivity index (χ4n) is 0.800. The summed E-state index contributed by atoms with van der Waals surface area (Å²) in [7, 11) is 0. The lowest BCUT2D eigenvalue weighted by Crippen LogP contribution is -1.95. The van der Waals surface area contributed by atoms with Crippen molar-refractivity contribution < 1.29 is 4.74 Å². The van der Waals surface area contributed by atoms with Crippen molar-refractivity contribution in [3.8, 4) is 0 Å². The van der Waals surface area contributed by atoms with Crippen molar-refractivity contribution in [1.82, 2.24) is 0 Å². The summed E-state index contributed by atoms with van der Waals surface area (Å²) in [6.07, 6.45) is 3.22. The number of ether oxygens (including phenoxy) is 1. The lowest BCUT2D eigenvalue weighted by atomic mass is 10.2. The molecule has 3 nitrogen and oxygen atoms in total. The van der Waals surface area contributed by atoms with Crippen LogP contribution in [0.25, 0.3) is 0 Å². The number of benzene rings is 1. The van der Waals surface area contributed by atoms with Crippen LogP contribution < -0.4 is 11.5 Å². The van der Waals surface area contributed by atoms with Crippen molar-refractivity contribution >= 4 is 11.4 Å². The zero-order chi connectivity index (χ0) is 13.3. The normalized spacial score (nSPS) is 16.1. The number of unbranched alkanes of at least 4 members (excludes halogenated alkanes) is 1. The number of aryl methyl sites for hydroxylation is 1. The zero-order valence-corrected chi connectivity index (χ0v) is 11.5. The van der Waals surface area contributed by atoms with Gasteiger partial charge in [-0.25, -0.2) is 0 Å². The van der Waals surface area contributed by atoms with Crippen LogP contribution in [0.1, 0.15) is 39.2 Å². The quantitative estimate of drug-likeness (QED) is 0.582. The zero-order valence-electron chi connectivity index (χ0n) is 11.5. The Labute approximate surface area is 105 Å². The topological polar surface area (TPSA) is 64.6 Å². The van der Waals surface area contributed by atoms with Crippen molar-refractivity contribution in [2.45, 2.75) is 46.6 Å². The summed E-state index contributed by atoms with van der Waals surface area (Å²) in [6, 6.07) is 5.62. The van der Waals surface area contributed by atoms with E-state index < -0.39 is 0 Å². The largest absolute Gasteiger partial charge is 0.397 e. The molecule has 3 heteroatoms. The Morgan fingerprint density at radius 1 is 1.24 bits per heavy atom. The Bertz CT molecular complexity index is 287. The molecule has 1 aromatic rings. The molecule has 1 aliphatic rings. The molecule has 17 heavy (non-hydrogen) atoms. The average Bonchev–Trinajstić information content (AvgIpc) is 3.10. The van der Waals surface area contributed by atoms with E-state index in [4.69, 9.17) is 16.2 Å². The second kappa shape index (κ2) is 8.88. The Hall–Kier alpha value is -1.22. The summed E-state index contributed by atoms with van der Waals surface area (Å²) < 4.78 is 4.71. The number of anilines is 2. The van der Waals surface area contributed by atoms with Crippen LogP contribution in [0.4, 0.5) is 11.4 Å². The number of hydrogen-bond acceptors (Lipinski definition) is 3. The average molecular weight is 238 g/mol. The molecule has 98 valence electrons. The molecule has 1 aliphatic heterocycles. The lowest BCUT2D eigenvalue weighted by molar-refractivity contribution is 0.423.